The predicted molar refractivity (Wildman–Crippen MR) is 185 cm³/mol. The van der Waals surface area contributed by atoms with Gasteiger partial charge in [0.1, 0.15) is 22.6 Å². The number of nitrogens with one attached hydrogen (secondary N) is 2. The van der Waals surface area contributed by atoms with Crippen LogP contribution in [0.3, 0.4) is 0 Å². The van der Waals surface area contributed by atoms with Crippen molar-refractivity contribution in [3.63, 3.8) is 0 Å². The molecule has 1 saturated heterocycles. The molecule has 3 aliphatic rings. The molecule has 46 heavy (non-hydrogen) atoms. The van der Waals surface area contributed by atoms with Crippen LogP contribution in [0, 0.1) is 0 Å². The summed E-state index contributed by atoms with van der Waals surface area (Å²) < 4.78 is 5.21. The lowest BCUT2D eigenvalue weighted by atomic mass is 10.1. The topological polar surface area (TPSA) is 118 Å². The molecule has 0 unspecified atom stereocenters. The van der Waals surface area contributed by atoms with Crippen LogP contribution in [0.15, 0.2) is 97.1 Å². The van der Waals surface area contributed by atoms with Crippen molar-refractivity contribution in [2.24, 2.45) is 0 Å². The van der Waals surface area contributed by atoms with Crippen LogP contribution in [-0.4, -0.2) is 56.2 Å². The third kappa shape index (κ3) is 4.58. The molecule has 4 aromatic carbocycles. The van der Waals surface area contributed by atoms with Crippen molar-refractivity contribution in [1.82, 2.24) is 39.9 Å². The minimum Gasteiger partial charge on any atom is -0.424 e. The van der Waals surface area contributed by atoms with Crippen molar-refractivity contribution < 1.29 is 4.43 Å². The van der Waals surface area contributed by atoms with Gasteiger partial charge in [-0.25, -0.2) is 29.9 Å². The SMILES string of the molecule is C1CC[SiH2]OC1.c1ccc2c(c1)-c1nc-2nc2[nH]c(nc3nc(nc4[nH]c(n1)c1ccccc41)-c1ccccc1-3)c1ccccc21. The normalized spacial score (nSPS) is 14.1. The number of benzene rings is 4. The second kappa shape index (κ2) is 11.1. The first-order valence-corrected chi connectivity index (χ1v) is 17.1. The summed E-state index contributed by atoms with van der Waals surface area (Å²) in [6.45, 7) is 1.06. The highest BCUT2D eigenvalue weighted by Gasteiger charge is 2.21. The van der Waals surface area contributed by atoms with Gasteiger partial charge in [-0.2, -0.15) is 0 Å². The number of nitrogens with zero attached hydrogens (tertiary/aromatic N) is 6. The Kier molecular flexibility index (Phi) is 6.46. The van der Waals surface area contributed by atoms with Crippen molar-refractivity contribution in [3.05, 3.63) is 97.1 Å². The van der Waals surface area contributed by atoms with E-state index in [0.29, 0.717) is 45.9 Å². The molecular formula is C36H28N8OSi. The molecule has 1 fully saturated rings. The van der Waals surface area contributed by atoms with E-state index in [0.717, 1.165) is 50.4 Å². The number of hydrogen-bond donors (Lipinski definition) is 2. The molecule has 10 heteroatoms. The zero-order chi connectivity index (χ0) is 30.5. The molecule has 2 N–H and O–H groups in total. The number of H-pyrrole nitrogens is 2. The molecule has 3 aromatic heterocycles. The summed E-state index contributed by atoms with van der Waals surface area (Å²) in [4.78, 5) is 36.8. The smallest absolute Gasteiger partial charge is 0.164 e. The zero-order valence-electron chi connectivity index (χ0n) is 24.9. The Morgan fingerprint density at radius 2 is 0.783 bits per heavy atom. The quantitative estimate of drug-likeness (QED) is 0.174. The molecule has 0 atom stereocenters. The average molecular weight is 617 g/mol. The maximum atomic E-state index is 5.21. The molecule has 0 spiro atoms. The van der Waals surface area contributed by atoms with Crippen LogP contribution in [0.4, 0.5) is 0 Å². The number of fused-ring (bicyclic) bond motifs is 20. The van der Waals surface area contributed by atoms with Crippen LogP contribution in [0.25, 0.3) is 89.7 Å². The fourth-order valence-corrected chi connectivity index (χ4v) is 7.45. The van der Waals surface area contributed by atoms with Gasteiger partial charge in [0.2, 0.25) is 0 Å². The summed E-state index contributed by atoms with van der Waals surface area (Å²) in [6.07, 6.45) is 2.75. The summed E-state index contributed by atoms with van der Waals surface area (Å²) in [5.74, 6) is 2.39. The van der Waals surface area contributed by atoms with Crippen molar-refractivity contribution in [1.29, 1.82) is 0 Å². The van der Waals surface area contributed by atoms with Crippen LogP contribution in [-0.2, 0) is 4.43 Å². The highest BCUT2D eigenvalue weighted by Crippen LogP contribution is 2.36. The van der Waals surface area contributed by atoms with Gasteiger partial charge in [-0.1, -0.05) is 103 Å². The Morgan fingerprint density at radius 3 is 1.04 bits per heavy atom. The van der Waals surface area contributed by atoms with Gasteiger partial charge in [0.25, 0.3) is 0 Å². The lowest BCUT2D eigenvalue weighted by Gasteiger charge is -2.07. The van der Waals surface area contributed by atoms with Gasteiger partial charge in [0.15, 0.2) is 33.1 Å². The molecular weight excluding hydrogens is 589 g/mol. The van der Waals surface area contributed by atoms with Crippen molar-refractivity contribution in [2.45, 2.75) is 18.9 Å². The highest BCUT2D eigenvalue weighted by atomic mass is 28.2. The first kappa shape index (κ1) is 26.8. The van der Waals surface area contributed by atoms with Gasteiger partial charge in [0, 0.05) is 50.4 Å². The van der Waals surface area contributed by atoms with E-state index in [9.17, 15) is 0 Å². The number of aromatic amines is 2. The summed E-state index contributed by atoms with van der Waals surface area (Å²) in [5.41, 5.74) is 6.45. The van der Waals surface area contributed by atoms with Crippen LogP contribution >= 0.6 is 0 Å². The molecule has 3 aliphatic heterocycles. The zero-order valence-corrected chi connectivity index (χ0v) is 26.3. The summed E-state index contributed by atoms with van der Waals surface area (Å²) >= 11 is 0. The second-order valence-corrected chi connectivity index (χ2v) is 13.0. The lowest BCUT2D eigenvalue weighted by molar-refractivity contribution is 0.304. The molecule has 0 aliphatic carbocycles. The predicted octanol–water partition coefficient (Wildman–Crippen LogP) is 7.17. The van der Waals surface area contributed by atoms with E-state index in [1.54, 1.807) is 0 Å². The average Bonchev–Trinajstić information content (AvgIpc) is 3.85. The maximum absolute atomic E-state index is 5.21. The van der Waals surface area contributed by atoms with Gasteiger partial charge in [0.05, 0.1) is 0 Å². The largest absolute Gasteiger partial charge is 0.424 e. The minimum absolute atomic E-state index is 0.00849. The molecule has 10 rings (SSSR count). The van der Waals surface area contributed by atoms with Crippen LogP contribution < -0.4 is 0 Å². The van der Waals surface area contributed by atoms with E-state index in [1.807, 2.05) is 97.1 Å². The first-order valence-electron chi connectivity index (χ1n) is 15.6. The van der Waals surface area contributed by atoms with Crippen molar-refractivity contribution in [2.75, 3.05) is 6.61 Å². The third-order valence-corrected chi connectivity index (χ3v) is 9.90. The van der Waals surface area contributed by atoms with Crippen molar-refractivity contribution in [3.8, 4) is 45.6 Å². The Labute approximate surface area is 265 Å². The third-order valence-electron chi connectivity index (χ3n) is 8.54. The van der Waals surface area contributed by atoms with Crippen LogP contribution in [0.1, 0.15) is 12.8 Å². The summed E-state index contributed by atoms with van der Waals surface area (Å²) in [7, 11) is 0.00849. The van der Waals surface area contributed by atoms with Crippen LogP contribution in [0.2, 0.25) is 6.04 Å². The van der Waals surface area contributed by atoms with E-state index in [1.165, 1.54) is 18.9 Å². The molecule has 6 heterocycles. The number of aromatic nitrogens is 8. The number of hydrogen-bond acceptors (Lipinski definition) is 7. The van der Waals surface area contributed by atoms with Crippen LogP contribution in [0.5, 0.6) is 0 Å². The van der Waals surface area contributed by atoms with Gasteiger partial charge in [-0.3, -0.25) is 0 Å². The van der Waals surface area contributed by atoms with Gasteiger partial charge < -0.3 is 14.4 Å². The molecule has 7 aromatic rings. The second-order valence-electron chi connectivity index (χ2n) is 11.5. The highest BCUT2D eigenvalue weighted by molar-refractivity contribution is 6.27. The Balaban J connectivity index is 0.000000440. The Morgan fingerprint density at radius 1 is 0.435 bits per heavy atom. The minimum atomic E-state index is 0.00849. The standard InChI is InChI=1S/C32H18N8.C4H10OSi/c1-2-10-18-17(9-1)25-33-26(18)38-28-21-13-5-6-14-22(21)30(35-28)40-32-24-16-8-7-15-23(24)31(36-32)39-29-20-12-4-3-11-19(20)27(34-29)37-25;1-2-4-6-5-3-1/h1-16H,(H2,33,34,35,36,37,38,39,40);1-4,6H2. The van der Waals surface area contributed by atoms with E-state index in [4.69, 9.17) is 34.3 Å². The molecule has 0 radical (unpaired) electrons. The molecule has 222 valence electrons. The lowest BCUT2D eigenvalue weighted by Crippen LogP contribution is -2.06. The Bertz CT molecular complexity index is 2130. The van der Waals surface area contributed by atoms with E-state index in [-0.39, 0.29) is 9.76 Å². The fourth-order valence-electron chi connectivity index (χ4n) is 6.28. The van der Waals surface area contributed by atoms with E-state index >= 15 is 0 Å². The van der Waals surface area contributed by atoms with E-state index in [2.05, 4.69) is 9.97 Å². The van der Waals surface area contributed by atoms with Gasteiger partial charge in [-0.15, -0.1) is 0 Å². The maximum Gasteiger partial charge on any atom is 0.164 e. The molecule has 0 amide bonds. The molecule has 0 saturated carbocycles. The van der Waals surface area contributed by atoms with Gasteiger partial charge in [-0.05, 0) is 12.5 Å². The number of rotatable bonds is 0. The van der Waals surface area contributed by atoms with Crippen molar-refractivity contribution >= 4 is 53.9 Å². The van der Waals surface area contributed by atoms with E-state index < -0.39 is 0 Å². The molecule has 9 nitrogen and oxygen atoms in total. The Hall–Kier alpha value is -5.58. The summed E-state index contributed by atoms with van der Waals surface area (Å²) in [5, 5.41) is 3.82. The molecule has 8 bridgehead atoms. The summed E-state index contributed by atoms with van der Waals surface area (Å²) in [6, 6.07) is 33.7. The first-order chi connectivity index (χ1) is 22.8. The van der Waals surface area contributed by atoms with Gasteiger partial charge >= 0.3 is 0 Å². The monoisotopic (exact) mass is 616 g/mol. The fraction of sp³-hybridized carbons (Fsp3) is 0.111.